The Morgan fingerprint density at radius 1 is 1.35 bits per heavy atom. The van der Waals surface area contributed by atoms with Gasteiger partial charge in [0.15, 0.2) is 6.04 Å². The fraction of sp³-hybridized carbons (Fsp3) is 0.250. The van der Waals surface area contributed by atoms with Crippen molar-refractivity contribution in [1.82, 2.24) is 15.3 Å². The summed E-state index contributed by atoms with van der Waals surface area (Å²) in [6.07, 6.45) is 2.19. The molecule has 0 aliphatic carbocycles. The van der Waals surface area contributed by atoms with Crippen molar-refractivity contribution < 1.29 is 19.4 Å². The molecule has 1 aromatic heterocycles. The van der Waals surface area contributed by atoms with Crippen LogP contribution >= 0.6 is 0 Å². The lowest BCUT2D eigenvalue weighted by atomic mass is 10.0. The monoisotopic (exact) mass is 313 g/mol. The van der Waals surface area contributed by atoms with Crippen molar-refractivity contribution in [3.63, 3.8) is 0 Å². The quantitative estimate of drug-likeness (QED) is 0.881. The van der Waals surface area contributed by atoms with Crippen molar-refractivity contribution in [3.8, 4) is 5.75 Å². The Kier molecular flexibility index (Phi) is 3.92. The van der Waals surface area contributed by atoms with Gasteiger partial charge in [0, 0.05) is 12.6 Å². The summed E-state index contributed by atoms with van der Waals surface area (Å²) >= 11 is 0. The van der Waals surface area contributed by atoms with E-state index in [-0.39, 0.29) is 5.69 Å². The minimum atomic E-state index is -1.15. The highest BCUT2D eigenvalue weighted by atomic mass is 16.5. The summed E-state index contributed by atoms with van der Waals surface area (Å²) in [7, 11) is 0. The van der Waals surface area contributed by atoms with Crippen LogP contribution in [-0.4, -0.2) is 33.6 Å². The SMILES string of the molecule is Cc1nccc(C(=O)NC(C(=O)O)c2ccc3c(c2)CCO3)n1. The van der Waals surface area contributed by atoms with Crippen LogP contribution in [0.15, 0.2) is 30.5 Å². The molecule has 23 heavy (non-hydrogen) atoms. The number of fused-ring (bicyclic) bond motifs is 1. The number of aromatic nitrogens is 2. The van der Waals surface area contributed by atoms with Gasteiger partial charge in [0.25, 0.3) is 5.91 Å². The first-order valence-electron chi connectivity index (χ1n) is 7.13. The Morgan fingerprint density at radius 2 is 2.17 bits per heavy atom. The lowest BCUT2D eigenvalue weighted by molar-refractivity contribution is -0.139. The van der Waals surface area contributed by atoms with Gasteiger partial charge < -0.3 is 15.2 Å². The fourth-order valence-corrected chi connectivity index (χ4v) is 2.46. The maximum absolute atomic E-state index is 12.2. The third kappa shape index (κ3) is 3.13. The van der Waals surface area contributed by atoms with Gasteiger partial charge in [-0.1, -0.05) is 6.07 Å². The average Bonchev–Trinajstić information content (AvgIpc) is 2.99. The number of carboxylic acids is 1. The highest BCUT2D eigenvalue weighted by Gasteiger charge is 2.25. The molecule has 1 aliphatic heterocycles. The molecule has 1 aromatic carbocycles. The number of nitrogens with zero attached hydrogens (tertiary/aromatic N) is 2. The van der Waals surface area contributed by atoms with E-state index in [1.165, 1.54) is 12.3 Å². The first-order chi connectivity index (χ1) is 11.0. The van der Waals surface area contributed by atoms with Crippen LogP contribution in [0, 0.1) is 6.92 Å². The molecule has 1 aliphatic rings. The zero-order chi connectivity index (χ0) is 16.4. The van der Waals surface area contributed by atoms with E-state index in [2.05, 4.69) is 15.3 Å². The Labute approximate surface area is 132 Å². The Morgan fingerprint density at radius 3 is 2.91 bits per heavy atom. The Hall–Kier alpha value is -2.96. The third-order valence-electron chi connectivity index (χ3n) is 3.58. The number of benzene rings is 1. The Bertz CT molecular complexity index is 776. The van der Waals surface area contributed by atoms with Crippen LogP contribution in [0.25, 0.3) is 0 Å². The molecule has 0 fully saturated rings. The van der Waals surface area contributed by atoms with Gasteiger partial charge >= 0.3 is 5.97 Å². The van der Waals surface area contributed by atoms with Gasteiger partial charge in [0.1, 0.15) is 17.3 Å². The number of carboxylic acid groups (broad SMARTS) is 1. The summed E-state index contributed by atoms with van der Waals surface area (Å²) < 4.78 is 5.41. The topological polar surface area (TPSA) is 101 Å². The largest absolute Gasteiger partial charge is 0.493 e. The summed E-state index contributed by atoms with van der Waals surface area (Å²) in [5.74, 6) is -0.488. The smallest absolute Gasteiger partial charge is 0.330 e. The number of rotatable bonds is 4. The van der Waals surface area contributed by atoms with Gasteiger partial charge in [-0.2, -0.15) is 0 Å². The molecule has 1 atom stereocenters. The summed E-state index contributed by atoms with van der Waals surface area (Å²) in [4.78, 5) is 31.7. The Balaban J connectivity index is 1.85. The van der Waals surface area contributed by atoms with Crippen molar-refractivity contribution in [2.75, 3.05) is 6.61 Å². The number of carbonyl (C=O) groups excluding carboxylic acids is 1. The first kappa shape index (κ1) is 15.0. The van der Waals surface area contributed by atoms with E-state index in [1.54, 1.807) is 25.1 Å². The fourth-order valence-electron chi connectivity index (χ4n) is 2.46. The number of hydrogen-bond donors (Lipinski definition) is 2. The minimum Gasteiger partial charge on any atom is -0.493 e. The van der Waals surface area contributed by atoms with Gasteiger partial charge in [0.2, 0.25) is 0 Å². The van der Waals surface area contributed by atoms with Crippen molar-refractivity contribution in [1.29, 1.82) is 0 Å². The molecule has 0 saturated carbocycles. The summed E-state index contributed by atoms with van der Waals surface area (Å²) in [5, 5.41) is 11.9. The zero-order valence-corrected chi connectivity index (χ0v) is 12.4. The van der Waals surface area contributed by atoms with Crippen LogP contribution in [0.5, 0.6) is 5.75 Å². The zero-order valence-electron chi connectivity index (χ0n) is 12.4. The molecule has 2 heterocycles. The van der Waals surface area contributed by atoms with Gasteiger partial charge in [-0.25, -0.2) is 14.8 Å². The number of aliphatic carboxylic acids is 1. The normalized spacial score (nSPS) is 13.8. The highest BCUT2D eigenvalue weighted by Crippen LogP contribution is 2.28. The lowest BCUT2D eigenvalue weighted by Gasteiger charge is -2.15. The molecule has 7 nitrogen and oxygen atoms in total. The summed E-state index contributed by atoms with van der Waals surface area (Å²) in [6.45, 7) is 2.25. The molecule has 0 spiro atoms. The molecule has 118 valence electrons. The predicted octanol–water partition coefficient (Wildman–Crippen LogP) is 1.28. The van der Waals surface area contributed by atoms with Gasteiger partial charge in [-0.05, 0) is 36.2 Å². The second-order valence-corrected chi connectivity index (χ2v) is 5.20. The van der Waals surface area contributed by atoms with Crippen molar-refractivity contribution in [2.45, 2.75) is 19.4 Å². The van der Waals surface area contributed by atoms with E-state index in [1.807, 2.05) is 0 Å². The average molecular weight is 313 g/mol. The molecule has 0 radical (unpaired) electrons. The van der Waals surface area contributed by atoms with Crippen LogP contribution in [-0.2, 0) is 11.2 Å². The molecular formula is C16H15N3O4. The second kappa shape index (κ2) is 6.04. The standard InChI is InChI=1S/C16H15N3O4/c1-9-17-6-4-12(18-9)15(20)19-14(16(21)22)11-2-3-13-10(8-11)5-7-23-13/h2-4,6,8,14H,5,7H2,1H3,(H,19,20)(H,21,22). The van der Waals surface area contributed by atoms with E-state index in [9.17, 15) is 14.7 Å². The van der Waals surface area contributed by atoms with E-state index < -0.39 is 17.9 Å². The number of aryl methyl sites for hydroxylation is 1. The minimum absolute atomic E-state index is 0.133. The van der Waals surface area contributed by atoms with E-state index in [0.717, 1.165) is 17.7 Å². The molecule has 2 N–H and O–H groups in total. The van der Waals surface area contributed by atoms with Crippen molar-refractivity contribution in [2.24, 2.45) is 0 Å². The molecule has 3 rings (SSSR count). The summed E-state index contributed by atoms with van der Waals surface area (Å²) in [6, 6.07) is 5.43. The number of ether oxygens (including phenoxy) is 1. The maximum atomic E-state index is 12.2. The second-order valence-electron chi connectivity index (χ2n) is 5.20. The summed E-state index contributed by atoms with van der Waals surface area (Å²) in [5.41, 5.74) is 1.58. The first-order valence-corrected chi connectivity index (χ1v) is 7.13. The molecule has 1 unspecified atom stereocenters. The third-order valence-corrected chi connectivity index (χ3v) is 3.58. The molecule has 0 saturated heterocycles. The van der Waals surface area contributed by atoms with Crippen LogP contribution in [0.2, 0.25) is 0 Å². The highest BCUT2D eigenvalue weighted by molar-refractivity contribution is 5.95. The maximum Gasteiger partial charge on any atom is 0.330 e. The van der Waals surface area contributed by atoms with Gasteiger partial charge in [-0.15, -0.1) is 0 Å². The van der Waals surface area contributed by atoms with Crippen LogP contribution in [0.3, 0.4) is 0 Å². The van der Waals surface area contributed by atoms with Crippen molar-refractivity contribution in [3.05, 3.63) is 53.1 Å². The van der Waals surface area contributed by atoms with Gasteiger partial charge in [-0.3, -0.25) is 4.79 Å². The molecule has 0 bridgehead atoms. The number of nitrogens with one attached hydrogen (secondary N) is 1. The van der Waals surface area contributed by atoms with Crippen LogP contribution < -0.4 is 10.1 Å². The van der Waals surface area contributed by atoms with E-state index in [4.69, 9.17) is 4.74 Å². The molecule has 1 amide bonds. The van der Waals surface area contributed by atoms with Crippen LogP contribution in [0.1, 0.15) is 33.5 Å². The number of carbonyl (C=O) groups is 2. The molecule has 7 heteroatoms. The number of amides is 1. The predicted molar refractivity (Wildman–Crippen MR) is 80.3 cm³/mol. The van der Waals surface area contributed by atoms with E-state index in [0.29, 0.717) is 18.0 Å². The number of hydrogen-bond acceptors (Lipinski definition) is 5. The van der Waals surface area contributed by atoms with E-state index >= 15 is 0 Å². The van der Waals surface area contributed by atoms with Crippen LogP contribution in [0.4, 0.5) is 0 Å². The van der Waals surface area contributed by atoms with Gasteiger partial charge in [0.05, 0.1) is 6.61 Å². The molecule has 2 aromatic rings. The van der Waals surface area contributed by atoms with Crippen molar-refractivity contribution >= 4 is 11.9 Å². The lowest BCUT2D eigenvalue weighted by Crippen LogP contribution is -2.34. The molecular weight excluding hydrogens is 298 g/mol.